The van der Waals surface area contributed by atoms with Gasteiger partial charge in [0.05, 0.1) is 4.92 Å². The Morgan fingerprint density at radius 1 is 1.22 bits per heavy atom. The predicted molar refractivity (Wildman–Crippen MR) is 73.9 cm³/mol. The fraction of sp³-hybridized carbons (Fsp3) is 0.538. The largest absolute Gasteiger partial charge is 0.366 e. The van der Waals surface area contributed by atoms with Gasteiger partial charge in [-0.15, -0.1) is 0 Å². The first-order chi connectivity index (χ1) is 8.60. The van der Waals surface area contributed by atoms with E-state index in [0.717, 1.165) is 23.2 Å². The van der Waals surface area contributed by atoms with Crippen molar-refractivity contribution in [3.05, 3.63) is 32.8 Å². The molecule has 1 saturated carbocycles. The molecule has 2 aliphatic rings. The number of hydrogen-bond donors (Lipinski definition) is 0. The molecular weight excluding hydrogens is 296 g/mol. The Morgan fingerprint density at radius 2 is 1.89 bits per heavy atom. The molecule has 1 aromatic carbocycles. The van der Waals surface area contributed by atoms with Crippen LogP contribution in [0.3, 0.4) is 0 Å². The number of benzene rings is 1. The summed E-state index contributed by atoms with van der Waals surface area (Å²) in [5.74, 6) is 0. The Labute approximate surface area is 114 Å². The van der Waals surface area contributed by atoms with Gasteiger partial charge in [-0.1, -0.05) is 15.9 Å². The van der Waals surface area contributed by atoms with Crippen LogP contribution < -0.4 is 4.90 Å². The summed E-state index contributed by atoms with van der Waals surface area (Å²) in [5, 5.41) is 11.1. The number of nitrogens with zero attached hydrogens (tertiary/aromatic N) is 2. The van der Waals surface area contributed by atoms with E-state index in [2.05, 4.69) is 20.8 Å². The number of nitro groups is 1. The molecule has 18 heavy (non-hydrogen) atoms. The maximum Gasteiger partial charge on any atom is 0.292 e. The van der Waals surface area contributed by atoms with Gasteiger partial charge in [-0.05, 0) is 43.2 Å². The van der Waals surface area contributed by atoms with Crippen LogP contribution in [0.15, 0.2) is 22.7 Å². The minimum Gasteiger partial charge on any atom is -0.366 e. The number of piperidine rings is 1. The first-order valence-corrected chi connectivity index (χ1v) is 7.08. The van der Waals surface area contributed by atoms with Crippen LogP contribution in [0.2, 0.25) is 0 Å². The smallest absolute Gasteiger partial charge is 0.292 e. The molecule has 5 heteroatoms. The van der Waals surface area contributed by atoms with E-state index in [1.165, 1.54) is 25.7 Å². The molecule has 0 N–H and O–H groups in total. The van der Waals surface area contributed by atoms with Crippen LogP contribution in [-0.2, 0) is 0 Å². The van der Waals surface area contributed by atoms with Gasteiger partial charge in [0, 0.05) is 23.6 Å². The second kappa shape index (κ2) is 4.23. The molecule has 0 bridgehead atoms. The maximum absolute atomic E-state index is 11.1. The van der Waals surface area contributed by atoms with Gasteiger partial charge in [0.1, 0.15) is 5.69 Å². The Bertz CT molecular complexity index is 490. The lowest BCUT2D eigenvalue weighted by Crippen LogP contribution is -2.34. The topological polar surface area (TPSA) is 46.4 Å². The van der Waals surface area contributed by atoms with Crippen molar-refractivity contribution in [3.8, 4) is 0 Å². The van der Waals surface area contributed by atoms with Crippen molar-refractivity contribution in [2.45, 2.75) is 25.7 Å². The minimum absolute atomic E-state index is 0.213. The van der Waals surface area contributed by atoms with Gasteiger partial charge in [-0.25, -0.2) is 0 Å². The van der Waals surface area contributed by atoms with Crippen molar-refractivity contribution in [1.82, 2.24) is 0 Å². The van der Waals surface area contributed by atoms with Crippen LogP contribution >= 0.6 is 15.9 Å². The second-order valence-corrected chi connectivity index (χ2v) is 6.29. The molecule has 2 fully saturated rings. The van der Waals surface area contributed by atoms with Crippen molar-refractivity contribution in [1.29, 1.82) is 0 Å². The third kappa shape index (κ3) is 2.11. The molecule has 3 rings (SSSR count). The standard InChI is InChI=1S/C13H15BrN2O2/c14-10-1-2-11(16(17)18)12(9-10)15-7-5-13(3-4-13)6-8-15/h1-2,9H,3-8H2. The lowest BCUT2D eigenvalue weighted by atomic mass is 9.93. The van der Waals surface area contributed by atoms with Crippen LogP contribution in [-0.4, -0.2) is 18.0 Å². The Morgan fingerprint density at radius 3 is 2.44 bits per heavy atom. The molecule has 0 radical (unpaired) electrons. The fourth-order valence-corrected chi connectivity index (χ4v) is 3.15. The van der Waals surface area contributed by atoms with Crippen molar-refractivity contribution in [2.75, 3.05) is 18.0 Å². The highest BCUT2D eigenvalue weighted by molar-refractivity contribution is 9.10. The van der Waals surface area contributed by atoms with Gasteiger partial charge in [0.2, 0.25) is 0 Å². The van der Waals surface area contributed by atoms with Crippen molar-refractivity contribution in [3.63, 3.8) is 0 Å². The lowest BCUT2D eigenvalue weighted by Gasteiger charge is -2.33. The molecule has 1 spiro atoms. The molecule has 1 aliphatic carbocycles. The zero-order valence-corrected chi connectivity index (χ0v) is 11.6. The Balaban J connectivity index is 1.86. The minimum atomic E-state index is -0.288. The van der Waals surface area contributed by atoms with Gasteiger partial charge < -0.3 is 4.90 Å². The molecule has 0 unspecified atom stereocenters. The first kappa shape index (κ1) is 12.0. The zero-order valence-electron chi connectivity index (χ0n) is 10.1. The van der Waals surface area contributed by atoms with Crippen LogP contribution in [0.4, 0.5) is 11.4 Å². The van der Waals surface area contributed by atoms with Crippen LogP contribution in [0.5, 0.6) is 0 Å². The molecule has 0 amide bonds. The van der Waals surface area contributed by atoms with E-state index >= 15 is 0 Å². The zero-order chi connectivity index (χ0) is 12.8. The van der Waals surface area contributed by atoms with E-state index in [0.29, 0.717) is 5.41 Å². The van der Waals surface area contributed by atoms with E-state index in [4.69, 9.17) is 0 Å². The SMILES string of the molecule is O=[N+]([O-])c1ccc(Br)cc1N1CCC2(CC1)CC2. The predicted octanol–water partition coefficient (Wildman–Crippen LogP) is 3.74. The number of rotatable bonds is 2. The van der Waals surface area contributed by atoms with Gasteiger partial charge in [-0.3, -0.25) is 10.1 Å². The quantitative estimate of drug-likeness (QED) is 0.617. The number of halogens is 1. The van der Waals surface area contributed by atoms with Gasteiger partial charge in [0.25, 0.3) is 5.69 Å². The Kier molecular flexibility index (Phi) is 2.81. The summed E-state index contributed by atoms with van der Waals surface area (Å²) < 4.78 is 0.898. The maximum atomic E-state index is 11.1. The summed E-state index contributed by atoms with van der Waals surface area (Å²) >= 11 is 3.40. The number of nitro benzene ring substituents is 1. The molecular formula is C13H15BrN2O2. The van der Waals surface area contributed by atoms with Crippen molar-refractivity contribution < 1.29 is 4.92 Å². The summed E-state index contributed by atoms with van der Waals surface area (Å²) in [7, 11) is 0. The highest BCUT2D eigenvalue weighted by Crippen LogP contribution is 2.54. The first-order valence-electron chi connectivity index (χ1n) is 6.29. The highest BCUT2D eigenvalue weighted by atomic mass is 79.9. The molecule has 0 aromatic heterocycles. The van der Waals surface area contributed by atoms with Gasteiger partial charge in [-0.2, -0.15) is 0 Å². The van der Waals surface area contributed by atoms with E-state index in [9.17, 15) is 10.1 Å². The van der Waals surface area contributed by atoms with Crippen LogP contribution in [0.1, 0.15) is 25.7 Å². The molecule has 1 heterocycles. The summed E-state index contributed by atoms with van der Waals surface area (Å²) in [5.41, 5.74) is 1.56. The monoisotopic (exact) mass is 310 g/mol. The molecule has 4 nitrogen and oxygen atoms in total. The normalized spacial score (nSPS) is 21.1. The summed E-state index contributed by atoms with van der Waals surface area (Å²) in [6, 6.07) is 5.18. The Hall–Kier alpha value is -1.10. The average molecular weight is 311 g/mol. The van der Waals surface area contributed by atoms with Crippen LogP contribution in [0, 0.1) is 15.5 Å². The number of anilines is 1. The van der Waals surface area contributed by atoms with E-state index in [1.807, 2.05) is 6.07 Å². The van der Waals surface area contributed by atoms with Crippen LogP contribution in [0.25, 0.3) is 0 Å². The van der Waals surface area contributed by atoms with E-state index < -0.39 is 0 Å². The van der Waals surface area contributed by atoms with E-state index in [1.54, 1.807) is 12.1 Å². The summed E-state index contributed by atoms with van der Waals surface area (Å²) in [6.45, 7) is 1.88. The lowest BCUT2D eigenvalue weighted by molar-refractivity contribution is -0.384. The van der Waals surface area contributed by atoms with E-state index in [-0.39, 0.29) is 10.6 Å². The molecule has 1 aromatic rings. The average Bonchev–Trinajstić information content (AvgIpc) is 3.09. The number of hydrogen-bond acceptors (Lipinski definition) is 3. The molecule has 96 valence electrons. The third-order valence-electron chi connectivity index (χ3n) is 4.26. The molecule has 0 atom stereocenters. The van der Waals surface area contributed by atoms with Gasteiger partial charge >= 0.3 is 0 Å². The summed E-state index contributed by atoms with van der Waals surface area (Å²) in [6.07, 6.45) is 5.05. The molecule has 1 saturated heterocycles. The summed E-state index contributed by atoms with van der Waals surface area (Å²) in [4.78, 5) is 12.9. The highest BCUT2D eigenvalue weighted by Gasteiger charge is 2.44. The third-order valence-corrected chi connectivity index (χ3v) is 4.75. The van der Waals surface area contributed by atoms with Crippen molar-refractivity contribution >= 4 is 27.3 Å². The van der Waals surface area contributed by atoms with Gasteiger partial charge in [0.15, 0.2) is 0 Å². The van der Waals surface area contributed by atoms with Crippen molar-refractivity contribution in [2.24, 2.45) is 5.41 Å². The second-order valence-electron chi connectivity index (χ2n) is 5.38. The molecule has 1 aliphatic heterocycles. The fourth-order valence-electron chi connectivity index (χ4n) is 2.80.